The van der Waals surface area contributed by atoms with Crippen molar-refractivity contribution >= 4 is 17.6 Å². The predicted molar refractivity (Wildman–Crippen MR) is 64.8 cm³/mol. The fraction of sp³-hybridized carbons (Fsp3) is 0.727. The first-order valence-corrected chi connectivity index (χ1v) is 6.71. The van der Waals surface area contributed by atoms with E-state index in [2.05, 4.69) is 14.1 Å². The molecule has 1 aliphatic rings. The van der Waals surface area contributed by atoms with E-state index in [1.807, 2.05) is 0 Å². The summed E-state index contributed by atoms with van der Waals surface area (Å²) >= 11 is 1.03. The maximum absolute atomic E-state index is 11.7. The first-order valence-electron chi connectivity index (χ1n) is 5.98. The van der Waals surface area contributed by atoms with Crippen molar-refractivity contribution in [1.29, 1.82) is 0 Å². The van der Waals surface area contributed by atoms with E-state index in [0.29, 0.717) is 24.1 Å². The van der Waals surface area contributed by atoms with E-state index < -0.39 is 0 Å². The maximum Gasteiger partial charge on any atom is 0.272 e. The van der Waals surface area contributed by atoms with Gasteiger partial charge in [-0.25, -0.2) is 0 Å². The second kappa shape index (κ2) is 6.07. The Morgan fingerprint density at radius 1 is 1.47 bits per heavy atom. The van der Waals surface area contributed by atoms with Crippen molar-refractivity contribution in [2.45, 2.75) is 25.7 Å². The van der Waals surface area contributed by atoms with E-state index in [9.17, 15) is 9.90 Å². The van der Waals surface area contributed by atoms with Crippen LogP contribution in [0.15, 0.2) is 6.20 Å². The van der Waals surface area contributed by atoms with Gasteiger partial charge >= 0.3 is 0 Å². The Balaban J connectivity index is 1.82. The second-order valence-electron chi connectivity index (χ2n) is 4.49. The van der Waals surface area contributed by atoms with Crippen molar-refractivity contribution in [2.75, 3.05) is 13.2 Å². The maximum atomic E-state index is 11.7. The van der Waals surface area contributed by atoms with E-state index in [1.165, 1.54) is 19.0 Å². The molecule has 1 amide bonds. The number of carbonyl (C=O) groups excluding carboxylic acids is 1. The highest BCUT2D eigenvalue weighted by molar-refractivity contribution is 6.99. The Morgan fingerprint density at radius 3 is 2.88 bits per heavy atom. The van der Waals surface area contributed by atoms with Gasteiger partial charge < -0.3 is 10.4 Å². The van der Waals surface area contributed by atoms with Crippen LogP contribution in [0.1, 0.15) is 36.2 Å². The molecule has 0 aromatic carbocycles. The van der Waals surface area contributed by atoms with E-state index in [-0.39, 0.29) is 12.5 Å². The first kappa shape index (κ1) is 12.4. The van der Waals surface area contributed by atoms with Crippen LogP contribution in [-0.2, 0) is 0 Å². The van der Waals surface area contributed by atoms with E-state index in [1.54, 1.807) is 0 Å². The summed E-state index contributed by atoms with van der Waals surface area (Å²) in [6, 6.07) is 0. The van der Waals surface area contributed by atoms with Crippen molar-refractivity contribution in [3.05, 3.63) is 11.9 Å². The number of hydrogen-bond acceptors (Lipinski definition) is 5. The van der Waals surface area contributed by atoms with Crippen molar-refractivity contribution in [1.82, 2.24) is 14.1 Å². The zero-order valence-corrected chi connectivity index (χ0v) is 10.4. The molecule has 0 spiro atoms. The van der Waals surface area contributed by atoms with Crippen LogP contribution in [0.2, 0.25) is 0 Å². The van der Waals surface area contributed by atoms with Gasteiger partial charge in [-0.15, -0.1) is 0 Å². The smallest absolute Gasteiger partial charge is 0.272 e. The van der Waals surface area contributed by atoms with Crippen LogP contribution in [0.3, 0.4) is 0 Å². The monoisotopic (exact) mass is 255 g/mol. The molecular weight excluding hydrogens is 238 g/mol. The fourth-order valence-corrected chi connectivity index (χ4v) is 2.78. The van der Waals surface area contributed by atoms with E-state index >= 15 is 0 Å². The van der Waals surface area contributed by atoms with Gasteiger partial charge in [0.15, 0.2) is 5.69 Å². The molecule has 0 saturated heterocycles. The number of nitrogens with zero attached hydrogens (tertiary/aromatic N) is 2. The van der Waals surface area contributed by atoms with E-state index in [0.717, 1.165) is 24.6 Å². The quantitative estimate of drug-likeness (QED) is 0.843. The highest BCUT2D eigenvalue weighted by Gasteiger charge is 2.25. The summed E-state index contributed by atoms with van der Waals surface area (Å²) in [6.45, 7) is 0.848. The number of aliphatic hydroxyl groups excluding tert-OH is 1. The largest absolute Gasteiger partial charge is 0.396 e. The van der Waals surface area contributed by atoms with E-state index in [4.69, 9.17) is 0 Å². The van der Waals surface area contributed by atoms with Gasteiger partial charge in [0.25, 0.3) is 5.91 Å². The zero-order valence-electron chi connectivity index (χ0n) is 9.63. The third kappa shape index (κ3) is 3.23. The third-order valence-corrected chi connectivity index (χ3v) is 3.90. The second-order valence-corrected chi connectivity index (χ2v) is 5.05. The molecular formula is C11H17N3O2S. The Kier molecular flexibility index (Phi) is 4.44. The number of hydrogen-bond donors (Lipinski definition) is 2. The number of rotatable bonds is 4. The number of carbonyl (C=O) groups is 1. The molecule has 2 unspecified atom stereocenters. The van der Waals surface area contributed by atoms with Crippen LogP contribution in [0.4, 0.5) is 0 Å². The van der Waals surface area contributed by atoms with Crippen LogP contribution in [0, 0.1) is 11.8 Å². The van der Waals surface area contributed by atoms with Gasteiger partial charge in [-0.1, -0.05) is 12.8 Å². The molecule has 2 atom stereocenters. The molecule has 5 nitrogen and oxygen atoms in total. The topological polar surface area (TPSA) is 75.1 Å². The molecule has 2 rings (SSSR count). The molecule has 1 heterocycles. The lowest BCUT2D eigenvalue weighted by molar-refractivity contribution is 0.0905. The van der Waals surface area contributed by atoms with Crippen LogP contribution < -0.4 is 5.32 Å². The molecule has 1 aromatic heterocycles. The minimum absolute atomic E-state index is 0.166. The lowest BCUT2D eigenvalue weighted by Crippen LogP contribution is -2.35. The van der Waals surface area contributed by atoms with Gasteiger partial charge in [0.05, 0.1) is 17.9 Å². The van der Waals surface area contributed by atoms with Crippen LogP contribution in [0.25, 0.3) is 0 Å². The Labute approximate surface area is 105 Å². The summed E-state index contributed by atoms with van der Waals surface area (Å²) < 4.78 is 7.69. The summed E-state index contributed by atoms with van der Waals surface area (Å²) in [5, 5.41) is 12.2. The average molecular weight is 255 g/mol. The molecule has 1 saturated carbocycles. The molecule has 1 aromatic rings. The molecule has 0 bridgehead atoms. The SMILES string of the molecule is O=C(NCC1CCCCC1CO)c1cnsn1. The molecule has 1 fully saturated rings. The van der Waals surface area contributed by atoms with Crippen molar-refractivity contribution in [3.8, 4) is 0 Å². The molecule has 1 aliphatic carbocycles. The summed E-state index contributed by atoms with van der Waals surface area (Å²) in [4.78, 5) is 11.7. The summed E-state index contributed by atoms with van der Waals surface area (Å²) in [5.74, 6) is 0.558. The normalized spacial score (nSPS) is 24.5. The molecule has 94 valence electrons. The van der Waals surface area contributed by atoms with Gasteiger partial charge in [0, 0.05) is 13.2 Å². The van der Waals surface area contributed by atoms with Crippen LogP contribution >= 0.6 is 11.7 Å². The summed E-state index contributed by atoms with van der Waals surface area (Å²) in [6.07, 6.45) is 6.00. The number of aromatic nitrogens is 2. The summed E-state index contributed by atoms with van der Waals surface area (Å²) in [7, 11) is 0. The average Bonchev–Trinajstić information content (AvgIpc) is 2.90. The van der Waals surface area contributed by atoms with Gasteiger partial charge in [0.1, 0.15) is 0 Å². The van der Waals surface area contributed by atoms with Gasteiger partial charge in [0.2, 0.25) is 0 Å². The lowest BCUT2D eigenvalue weighted by atomic mass is 9.79. The fourth-order valence-electron chi connectivity index (χ4n) is 2.37. The number of amides is 1. The zero-order chi connectivity index (χ0) is 12.1. The predicted octanol–water partition coefficient (Wildman–Crippen LogP) is 1.07. The first-order chi connectivity index (χ1) is 8.31. The molecule has 0 aliphatic heterocycles. The van der Waals surface area contributed by atoms with Crippen molar-refractivity contribution in [2.24, 2.45) is 11.8 Å². The Morgan fingerprint density at radius 2 is 2.24 bits per heavy atom. The third-order valence-electron chi connectivity index (χ3n) is 3.42. The Bertz CT molecular complexity index is 356. The minimum Gasteiger partial charge on any atom is -0.396 e. The van der Waals surface area contributed by atoms with Crippen molar-refractivity contribution in [3.63, 3.8) is 0 Å². The molecule has 2 N–H and O–H groups in total. The van der Waals surface area contributed by atoms with Gasteiger partial charge in [-0.05, 0) is 24.7 Å². The van der Waals surface area contributed by atoms with Crippen molar-refractivity contribution < 1.29 is 9.90 Å². The Hall–Kier alpha value is -1.01. The standard InChI is InChI=1S/C11H17N3O2S/c15-7-9-4-2-1-3-8(9)5-12-11(16)10-6-13-17-14-10/h6,8-9,15H,1-5,7H2,(H,12,16). The molecule has 17 heavy (non-hydrogen) atoms. The molecule has 0 radical (unpaired) electrons. The van der Waals surface area contributed by atoms with Gasteiger partial charge in [-0.3, -0.25) is 4.79 Å². The number of aliphatic hydroxyl groups is 1. The minimum atomic E-state index is -0.166. The van der Waals surface area contributed by atoms with Gasteiger partial charge in [-0.2, -0.15) is 8.75 Å². The molecule has 6 heteroatoms. The van der Waals surface area contributed by atoms with Crippen LogP contribution in [0.5, 0.6) is 0 Å². The summed E-state index contributed by atoms with van der Waals surface area (Å²) in [5.41, 5.74) is 0.381. The number of nitrogens with one attached hydrogen (secondary N) is 1. The highest BCUT2D eigenvalue weighted by Crippen LogP contribution is 2.29. The lowest BCUT2D eigenvalue weighted by Gasteiger charge is -2.30. The highest BCUT2D eigenvalue weighted by atomic mass is 32.1. The van der Waals surface area contributed by atoms with Crippen LogP contribution in [-0.4, -0.2) is 32.9 Å².